The van der Waals surface area contributed by atoms with Crippen molar-refractivity contribution in [2.45, 2.75) is 25.8 Å². The van der Waals surface area contributed by atoms with Crippen LogP contribution in [0.25, 0.3) is 0 Å². The van der Waals surface area contributed by atoms with Crippen molar-refractivity contribution in [1.29, 1.82) is 0 Å². The number of nitrogens with one attached hydrogen (secondary N) is 2. The highest BCUT2D eigenvalue weighted by Crippen LogP contribution is 1.93. The number of hydrogen-bond acceptors (Lipinski definition) is 2. The van der Waals surface area contributed by atoms with E-state index < -0.39 is 0 Å². The van der Waals surface area contributed by atoms with E-state index in [4.69, 9.17) is 6.42 Å². The van der Waals surface area contributed by atoms with Crippen LogP contribution >= 0.6 is 0 Å². The molecule has 0 aliphatic heterocycles. The lowest BCUT2D eigenvalue weighted by atomic mass is 10.2. The highest BCUT2D eigenvalue weighted by Gasteiger charge is 2.06. The Bertz CT molecular complexity index is 172. The smallest absolute Gasteiger partial charge is 0.234 e. The lowest BCUT2D eigenvalue weighted by molar-refractivity contribution is -0.120. The topological polar surface area (TPSA) is 41.1 Å². The summed E-state index contributed by atoms with van der Waals surface area (Å²) in [6.07, 6.45) is 7.04. The fourth-order valence-electron chi connectivity index (χ4n) is 0.892. The fourth-order valence-corrected chi connectivity index (χ4v) is 0.892. The van der Waals surface area contributed by atoms with Crippen molar-refractivity contribution < 1.29 is 4.79 Å². The molecule has 1 atom stereocenters. The molecule has 0 heterocycles. The van der Waals surface area contributed by atoms with E-state index in [1.165, 1.54) is 0 Å². The predicted molar refractivity (Wildman–Crippen MR) is 49.6 cm³/mol. The molecule has 0 spiro atoms. The quantitative estimate of drug-likeness (QED) is 0.573. The van der Waals surface area contributed by atoms with Crippen LogP contribution in [-0.2, 0) is 4.79 Å². The third-order valence-corrected chi connectivity index (χ3v) is 1.45. The molecular formula is C9H16N2O. The second-order valence-electron chi connectivity index (χ2n) is 2.61. The van der Waals surface area contributed by atoms with E-state index in [9.17, 15) is 4.79 Å². The minimum Gasteiger partial charge on any atom is -0.341 e. The summed E-state index contributed by atoms with van der Waals surface area (Å²) in [4.78, 5) is 11.0. The van der Waals surface area contributed by atoms with E-state index in [-0.39, 0.29) is 11.9 Å². The maximum absolute atomic E-state index is 11.0. The number of carbonyl (C=O) groups excluding carboxylic acids is 1. The van der Waals surface area contributed by atoms with E-state index in [1.807, 2.05) is 6.92 Å². The standard InChI is InChI=1S/C9H16N2O/c1-4-6-8(5-2)11-9(12)7-10-3/h2,8,10H,4,6-7H2,1,3H3,(H,11,12). The molecule has 12 heavy (non-hydrogen) atoms. The fraction of sp³-hybridized carbons (Fsp3) is 0.667. The summed E-state index contributed by atoms with van der Waals surface area (Å²) in [6.45, 7) is 2.36. The van der Waals surface area contributed by atoms with Crippen LogP contribution in [0.3, 0.4) is 0 Å². The minimum absolute atomic E-state index is 0.0473. The van der Waals surface area contributed by atoms with Crippen molar-refractivity contribution in [1.82, 2.24) is 10.6 Å². The van der Waals surface area contributed by atoms with Crippen LogP contribution in [0.5, 0.6) is 0 Å². The van der Waals surface area contributed by atoms with Crippen molar-refractivity contribution in [3.63, 3.8) is 0 Å². The second-order valence-corrected chi connectivity index (χ2v) is 2.61. The first-order valence-corrected chi connectivity index (χ1v) is 4.14. The van der Waals surface area contributed by atoms with Crippen molar-refractivity contribution in [3.8, 4) is 12.3 Å². The molecule has 0 rings (SSSR count). The van der Waals surface area contributed by atoms with E-state index in [0.717, 1.165) is 12.8 Å². The summed E-state index contributed by atoms with van der Waals surface area (Å²) in [5.74, 6) is 2.49. The number of terminal acetylenes is 1. The van der Waals surface area contributed by atoms with Gasteiger partial charge in [0.1, 0.15) is 0 Å². The summed E-state index contributed by atoms with van der Waals surface area (Å²) in [5, 5.41) is 5.49. The first-order chi connectivity index (χ1) is 5.74. The van der Waals surface area contributed by atoms with Gasteiger partial charge in [0.05, 0.1) is 12.6 Å². The third-order valence-electron chi connectivity index (χ3n) is 1.45. The summed E-state index contributed by atoms with van der Waals surface area (Å²) >= 11 is 0. The Balaban J connectivity index is 3.71. The molecule has 3 nitrogen and oxygen atoms in total. The Morgan fingerprint density at radius 3 is 2.75 bits per heavy atom. The zero-order valence-electron chi connectivity index (χ0n) is 7.68. The van der Waals surface area contributed by atoms with Crippen molar-refractivity contribution in [2.75, 3.05) is 13.6 Å². The number of likely N-dealkylation sites (N-methyl/N-ethyl adjacent to an activating group) is 1. The Kier molecular flexibility index (Phi) is 6.12. The number of rotatable bonds is 5. The molecule has 68 valence electrons. The normalized spacial score (nSPS) is 11.8. The molecular weight excluding hydrogens is 152 g/mol. The third kappa shape index (κ3) is 4.75. The lowest BCUT2D eigenvalue weighted by Gasteiger charge is -2.11. The van der Waals surface area contributed by atoms with E-state index in [0.29, 0.717) is 6.54 Å². The van der Waals surface area contributed by atoms with Gasteiger partial charge in [0.15, 0.2) is 0 Å². The van der Waals surface area contributed by atoms with Crippen molar-refractivity contribution in [2.24, 2.45) is 0 Å². The molecule has 1 amide bonds. The van der Waals surface area contributed by atoms with E-state index >= 15 is 0 Å². The highest BCUT2D eigenvalue weighted by molar-refractivity contribution is 5.78. The monoisotopic (exact) mass is 168 g/mol. The van der Waals surface area contributed by atoms with E-state index in [1.54, 1.807) is 7.05 Å². The van der Waals surface area contributed by atoms with Gasteiger partial charge in [-0.1, -0.05) is 19.3 Å². The van der Waals surface area contributed by atoms with Crippen LogP contribution in [0.1, 0.15) is 19.8 Å². The molecule has 0 aromatic carbocycles. The molecule has 0 radical (unpaired) electrons. The molecule has 3 heteroatoms. The summed E-state index contributed by atoms with van der Waals surface area (Å²) in [6, 6.07) is -0.115. The Morgan fingerprint density at radius 2 is 2.33 bits per heavy atom. The molecule has 0 aliphatic carbocycles. The zero-order chi connectivity index (χ0) is 9.40. The summed E-state index contributed by atoms with van der Waals surface area (Å²) in [5.41, 5.74) is 0. The van der Waals surface area contributed by atoms with Crippen LogP contribution < -0.4 is 10.6 Å². The highest BCUT2D eigenvalue weighted by atomic mass is 16.1. The van der Waals surface area contributed by atoms with Crippen LogP contribution in [0.2, 0.25) is 0 Å². The molecule has 0 aromatic heterocycles. The Morgan fingerprint density at radius 1 is 1.67 bits per heavy atom. The lowest BCUT2D eigenvalue weighted by Crippen LogP contribution is -2.38. The van der Waals surface area contributed by atoms with Gasteiger partial charge in [0, 0.05) is 0 Å². The predicted octanol–water partition coefficient (Wildman–Crippen LogP) is 0.124. The molecule has 0 bridgehead atoms. The van der Waals surface area contributed by atoms with Crippen LogP contribution in [0.15, 0.2) is 0 Å². The van der Waals surface area contributed by atoms with Gasteiger partial charge in [-0.05, 0) is 13.5 Å². The van der Waals surface area contributed by atoms with Gasteiger partial charge < -0.3 is 10.6 Å². The van der Waals surface area contributed by atoms with Gasteiger partial charge in [-0.15, -0.1) is 6.42 Å². The van der Waals surface area contributed by atoms with Crippen LogP contribution in [0, 0.1) is 12.3 Å². The SMILES string of the molecule is C#CC(CCC)NC(=O)CNC. The summed E-state index contributed by atoms with van der Waals surface area (Å²) in [7, 11) is 1.73. The minimum atomic E-state index is -0.115. The second kappa shape index (κ2) is 6.68. The number of amides is 1. The summed E-state index contributed by atoms with van der Waals surface area (Å²) < 4.78 is 0. The van der Waals surface area contributed by atoms with Crippen molar-refractivity contribution >= 4 is 5.91 Å². The first kappa shape index (κ1) is 11.0. The molecule has 1 unspecified atom stereocenters. The maximum Gasteiger partial charge on any atom is 0.234 e. The molecule has 0 saturated heterocycles. The van der Waals surface area contributed by atoms with Gasteiger partial charge >= 0.3 is 0 Å². The molecule has 0 aromatic rings. The van der Waals surface area contributed by atoms with Crippen molar-refractivity contribution in [3.05, 3.63) is 0 Å². The van der Waals surface area contributed by atoms with Gasteiger partial charge in [-0.2, -0.15) is 0 Å². The Hall–Kier alpha value is -1.01. The number of carbonyl (C=O) groups is 1. The molecule has 2 N–H and O–H groups in total. The van der Waals surface area contributed by atoms with Gasteiger partial charge in [0.25, 0.3) is 0 Å². The molecule has 0 fully saturated rings. The zero-order valence-corrected chi connectivity index (χ0v) is 7.68. The molecule has 0 aliphatic rings. The van der Waals surface area contributed by atoms with Gasteiger partial charge in [0.2, 0.25) is 5.91 Å². The average molecular weight is 168 g/mol. The van der Waals surface area contributed by atoms with Crippen LogP contribution in [0.4, 0.5) is 0 Å². The number of hydrogen-bond donors (Lipinski definition) is 2. The Labute approximate surface area is 73.9 Å². The molecule has 0 saturated carbocycles. The van der Waals surface area contributed by atoms with Crippen LogP contribution in [-0.4, -0.2) is 25.5 Å². The van der Waals surface area contributed by atoms with Gasteiger partial charge in [-0.3, -0.25) is 4.79 Å². The first-order valence-electron chi connectivity index (χ1n) is 4.14. The maximum atomic E-state index is 11.0. The van der Waals surface area contributed by atoms with E-state index in [2.05, 4.69) is 16.6 Å². The largest absolute Gasteiger partial charge is 0.341 e. The van der Waals surface area contributed by atoms with Gasteiger partial charge in [-0.25, -0.2) is 0 Å². The average Bonchev–Trinajstić information content (AvgIpc) is 2.04.